The van der Waals surface area contributed by atoms with Crippen LogP contribution in [0.2, 0.25) is 0 Å². The van der Waals surface area contributed by atoms with Gasteiger partial charge in [0.05, 0.1) is 13.2 Å². The number of aromatic nitrogens is 1. The molecule has 0 radical (unpaired) electrons. The first-order valence-electron chi connectivity index (χ1n) is 13.7. The fraction of sp³-hybridized carbons (Fsp3) is 0.400. The molecule has 0 bridgehead atoms. The Morgan fingerprint density at radius 3 is 2.40 bits per heavy atom. The standard InChI is InChI=1S/C30H34F2N4O6/c1-16(2)12-23(36-30(40)24-14-18-21(34-24)8-5-9-26(18)41-3)29(39)35-22(13-17-10-11-33-28(17)38)25(37)15-42-27-19(31)6-4-7-20(27)32/h4-9,14,16-17,22-23,34H,10-13,15H2,1-3H3,(H,33,38)(H,35,39)(H,36,40)/t17?,22?,23-/m0/s1. The fourth-order valence-corrected chi connectivity index (χ4v) is 4.93. The van der Waals surface area contributed by atoms with Crippen molar-refractivity contribution in [1.29, 1.82) is 0 Å². The summed E-state index contributed by atoms with van der Waals surface area (Å²) in [7, 11) is 1.52. The Kier molecular flexibility index (Phi) is 9.76. The molecule has 1 aliphatic rings. The van der Waals surface area contributed by atoms with Gasteiger partial charge in [-0.1, -0.05) is 26.0 Å². The van der Waals surface area contributed by atoms with Crippen LogP contribution in [0, 0.1) is 23.5 Å². The maximum atomic E-state index is 14.0. The number of nitrogens with one attached hydrogen (secondary N) is 4. The molecule has 4 rings (SSSR count). The third-order valence-corrected chi connectivity index (χ3v) is 7.08. The van der Waals surface area contributed by atoms with Crippen LogP contribution in [0.25, 0.3) is 10.9 Å². The van der Waals surface area contributed by atoms with Crippen molar-refractivity contribution >= 4 is 34.4 Å². The molecule has 0 saturated carbocycles. The SMILES string of the molecule is COc1cccc2[nH]c(C(=O)N[C@@H](CC(C)C)C(=O)NC(CC3CCNC3=O)C(=O)COc3c(F)cccc3F)cc12. The molecular formula is C30H34F2N4O6. The first-order valence-corrected chi connectivity index (χ1v) is 13.7. The van der Waals surface area contributed by atoms with Gasteiger partial charge in [-0.15, -0.1) is 0 Å². The monoisotopic (exact) mass is 584 g/mol. The number of rotatable bonds is 13. The van der Waals surface area contributed by atoms with E-state index in [1.165, 1.54) is 7.11 Å². The molecule has 1 saturated heterocycles. The van der Waals surface area contributed by atoms with E-state index in [0.29, 0.717) is 29.6 Å². The van der Waals surface area contributed by atoms with E-state index < -0.39 is 59.6 Å². The number of H-pyrrole nitrogens is 1. The van der Waals surface area contributed by atoms with Crippen molar-refractivity contribution in [2.24, 2.45) is 11.8 Å². The number of halogens is 2. The summed E-state index contributed by atoms with van der Waals surface area (Å²) in [5.41, 5.74) is 0.891. The lowest BCUT2D eigenvalue weighted by molar-refractivity contribution is -0.131. The molecule has 1 fully saturated rings. The van der Waals surface area contributed by atoms with Crippen molar-refractivity contribution in [2.75, 3.05) is 20.3 Å². The Morgan fingerprint density at radius 1 is 1.05 bits per heavy atom. The molecule has 1 aliphatic heterocycles. The summed E-state index contributed by atoms with van der Waals surface area (Å²) in [5, 5.41) is 8.78. The highest BCUT2D eigenvalue weighted by Crippen LogP contribution is 2.26. The van der Waals surface area contributed by atoms with E-state index in [1.54, 1.807) is 24.3 Å². The Balaban J connectivity index is 1.51. The Bertz CT molecular complexity index is 1450. The highest BCUT2D eigenvalue weighted by Gasteiger charge is 2.34. The minimum absolute atomic E-state index is 0.00835. The zero-order valence-electron chi connectivity index (χ0n) is 23.6. The van der Waals surface area contributed by atoms with Crippen LogP contribution in [0.15, 0.2) is 42.5 Å². The molecule has 2 aromatic carbocycles. The zero-order valence-corrected chi connectivity index (χ0v) is 23.6. The number of methoxy groups -OCH3 is 1. The second kappa shape index (κ2) is 13.5. The van der Waals surface area contributed by atoms with Crippen LogP contribution >= 0.6 is 0 Å². The summed E-state index contributed by atoms with van der Waals surface area (Å²) in [6.07, 6.45) is 0.670. The average Bonchev–Trinajstić information content (AvgIpc) is 3.57. The summed E-state index contributed by atoms with van der Waals surface area (Å²) in [5.74, 6) is -4.77. The first kappa shape index (κ1) is 30.5. The van der Waals surface area contributed by atoms with Crippen LogP contribution in [-0.4, -0.2) is 60.8 Å². The second-order valence-corrected chi connectivity index (χ2v) is 10.6. The quantitative estimate of drug-likeness (QED) is 0.243. The lowest BCUT2D eigenvalue weighted by Gasteiger charge is -2.25. The number of fused-ring (bicyclic) bond motifs is 1. The van der Waals surface area contributed by atoms with E-state index in [1.807, 2.05) is 13.8 Å². The van der Waals surface area contributed by atoms with E-state index in [9.17, 15) is 28.0 Å². The van der Waals surface area contributed by atoms with Crippen LogP contribution in [0.1, 0.15) is 43.6 Å². The van der Waals surface area contributed by atoms with Gasteiger partial charge in [0.1, 0.15) is 24.1 Å². The van der Waals surface area contributed by atoms with Crippen molar-refractivity contribution < 1.29 is 37.4 Å². The first-order chi connectivity index (χ1) is 20.1. The number of carbonyl (C=O) groups excluding carboxylic acids is 4. The molecular weight excluding hydrogens is 550 g/mol. The number of para-hydroxylation sites is 1. The number of aromatic amines is 1. The van der Waals surface area contributed by atoms with E-state index in [4.69, 9.17) is 9.47 Å². The molecule has 224 valence electrons. The highest BCUT2D eigenvalue weighted by atomic mass is 19.1. The predicted octanol–water partition coefficient (Wildman–Crippen LogP) is 3.26. The van der Waals surface area contributed by atoms with Gasteiger partial charge in [-0.2, -0.15) is 0 Å². The summed E-state index contributed by atoms with van der Waals surface area (Å²) >= 11 is 0. The predicted molar refractivity (Wildman–Crippen MR) is 150 cm³/mol. The van der Waals surface area contributed by atoms with Gasteiger partial charge in [0.2, 0.25) is 11.8 Å². The van der Waals surface area contributed by atoms with Gasteiger partial charge in [0, 0.05) is 23.4 Å². The molecule has 3 amide bonds. The number of Topliss-reactive ketones (excluding diaryl/α,β-unsaturated/α-hetero) is 1. The molecule has 2 unspecified atom stereocenters. The van der Waals surface area contributed by atoms with Crippen molar-refractivity contribution in [1.82, 2.24) is 20.9 Å². The van der Waals surface area contributed by atoms with Gasteiger partial charge in [-0.05, 0) is 55.5 Å². The number of ketones is 1. The van der Waals surface area contributed by atoms with Gasteiger partial charge >= 0.3 is 0 Å². The van der Waals surface area contributed by atoms with Gasteiger partial charge in [-0.3, -0.25) is 19.2 Å². The topological polar surface area (TPSA) is 139 Å². The van der Waals surface area contributed by atoms with Gasteiger partial charge in [-0.25, -0.2) is 8.78 Å². The summed E-state index contributed by atoms with van der Waals surface area (Å²) < 4.78 is 38.6. The number of ether oxygens (including phenoxy) is 2. The van der Waals surface area contributed by atoms with E-state index >= 15 is 0 Å². The lowest BCUT2D eigenvalue weighted by atomic mass is 9.95. The maximum Gasteiger partial charge on any atom is 0.268 e. The fourth-order valence-electron chi connectivity index (χ4n) is 4.93. The van der Waals surface area contributed by atoms with Crippen molar-refractivity contribution in [2.45, 2.75) is 45.2 Å². The average molecular weight is 585 g/mol. The van der Waals surface area contributed by atoms with Crippen LogP contribution in [0.5, 0.6) is 11.5 Å². The Hall–Kier alpha value is -4.48. The van der Waals surface area contributed by atoms with Crippen LogP contribution in [0.3, 0.4) is 0 Å². The number of hydrogen-bond acceptors (Lipinski definition) is 6. The molecule has 1 aromatic heterocycles. The minimum Gasteiger partial charge on any atom is -0.496 e. The van der Waals surface area contributed by atoms with Crippen LogP contribution in [-0.2, 0) is 14.4 Å². The zero-order chi connectivity index (χ0) is 30.4. The third-order valence-electron chi connectivity index (χ3n) is 7.08. The van der Waals surface area contributed by atoms with Crippen molar-refractivity contribution in [3.05, 3.63) is 59.8 Å². The van der Waals surface area contributed by atoms with Crippen LogP contribution < -0.4 is 25.4 Å². The molecule has 4 N–H and O–H groups in total. The summed E-state index contributed by atoms with van der Waals surface area (Å²) in [6, 6.07) is 7.88. The minimum atomic E-state index is -1.20. The Labute approximate surface area is 241 Å². The van der Waals surface area contributed by atoms with E-state index in [0.717, 1.165) is 18.2 Å². The molecule has 0 spiro atoms. The van der Waals surface area contributed by atoms with Crippen molar-refractivity contribution in [3.8, 4) is 11.5 Å². The van der Waals surface area contributed by atoms with Crippen LogP contribution in [0.4, 0.5) is 8.78 Å². The maximum absolute atomic E-state index is 14.0. The number of benzene rings is 2. The number of amides is 3. The third kappa shape index (κ3) is 7.23. The normalized spacial score (nSPS) is 16.1. The lowest BCUT2D eigenvalue weighted by Crippen LogP contribution is -2.53. The summed E-state index contributed by atoms with van der Waals surface area (Å²) in [6.45, 7) is 3.44. The molecule has 12 heteroatoms. The Morgan fingerprint density at radius 2 is 1.76 bits per heavy atom. The smallest absolute Gasteiger partial charge is 0.268 e. The van der Waals surface area contributed by atoms with Crippen molar-refractivity contribution in [3.63, 3.8) is 0 Å². The highest BCUT2D eigenvalue weighted by molar-refractivity contribution is 6.02. The molecule has 42 heavy (non-hydrogen) atoms. The largest absolute Gasteiger partial charge is 0.496 e. The van der Waals surface area contributed by atoms with Gasteiger partial charge in [0.15, 0.2) is 23.2 Å². The van der Waals surface area contributed by atoms with E-state index in [-0.39, 0.29) is 30.4 Å². The van der Waals surface area contributed by atoms with E-state index in [2.05, 4.69) is 20.9 Å². The number of carbonyl (C=O) groups is 4. The van der Waals surface area contributed by atoms with Gasteiger partial charge in [0.25, 0.3) is 5.91 Å². The second-order valence-electron chi connectivity index (χ2n) is 10.6. The summed E-state index contributed by atoms with van der Waals surface area (Å²) in [4.78, 5) is 55.2. The molecule has 3 atom stereocenters. The van der Waals surface area contributed by atoms with Gasteiger partial charge < -0.3 is 30.4 Å². The molecule has 3 aromatic rings. The molecule has 2 heterocycles. The molecule has 0 aliphatic carbocycles. The molecule has 10 nitrogen and oxygen atoms in total. The number of hydrogen-bond donors (Lipinski definition) is 4.